The monoisotopic (exact) mass is 310 g/mol. The summed E-state index contributed by atoms with van der Waals surface area (Å²) in [6.07, 6.45) is 2.59. The molecule has 1 aromatic carbocycles. The van der Waals surface area contributed by atoms with Crippen LogP contribution in [0.25, 0.3) is 5.69 Å². The molecule has 0 aliphatic rings. The van der Waals surface area contributed by atoms with Crippen LogP contribution in [0.1, 0.15) is 18.2 Å². The van der Waals surface area contributed by atoms with Gasteiger partial charge in [-0.15, -0.1) is 0 Å². The van der Waals surface area contributed by atoms with Crippen LogP contribution >= 0.6 is 23.4 Å². The van der Waals surface area contributed by atoms with Gasteiger partial charge in [-0.1, -0.05) is 36.4 Å². The Hall–Kier alpha value is -1.46. The molecule has 1 aromatic heterocycles. The van der Waals surface area contributed by atoms with E-state index in [1.165, 1.54) is 11.8 Å². The predicted molar refractivity (Wildman–Crippen MR) is 81.0 cm³/mol. The molecule has 0 aliphatic heterocycles. The highest BCUT2D eigenvalue weighted by molar-refractivity contribution is 7.99. The van der Waals surface area contributed by atoms with Gasteiger partial charge in [0.15, 0.2) is 5.16 Å². The highest BCUT2D eigenvalue weighted by Crippen LogP contribution is 2.28. The number of carboxylic acid groups (broad SMARTS) is 1. The van der Waals surface area contributed by atoms with Crippen LogP contribution in [0.4, 0.5) is 0 Å². The molecule has 2 aromatic rings. The van der Waals surface area contributed by atoms with Crippen molar-refractivity contribution in [2.24, 2.45) is 0 Å². The number of hydrogen-bond acceptors (Lipinski definition) is 3. The standard InChI is InChI=1S/C14H15ClN2O2S/c1-3-10-7-16-14(20-8-13(18)19)17(10)12-6-4-5-11(15)9(12)2/h4-7H,3,8H2,1-2H3,(H,18,19). The van der Waals surface area contributed by atoms with Crippen molar-refractivity contribution in [3.8, 4) is 5.69 Å². The second-order valence-corrected chi connectivity index (χ2v) is 5.64. The summed E-state index contributed by atoms with van der Waals surface area (Å²) in [5.41, 5.74) is 2.93. The van der Waals surface area contributed by atoms with E-state index in [0.29, 0.717) is 10.2 Å². The summed E-state index contributed by atoms with van der Waals surface area (Å²) in [4.78, 5) is 15.1. The second-order valence-electron chi connectivity index (χ2n) is 4.29. The lowest BCUT2D eigenvalue weighted by atomic mass is 10.2. The van der Waals surface area contributed by atoms with Crippen LogP contribution in [0.2, 0.25) is 5.02 Å². The molecule has 1 N–H and O–H groups in total. The highest BCUT2D eigenvalue weighted by Gasteiger charge is 2.15. The molecule has 0 spiro atoms. The van der Waals surface area contributed by atoms with Crippen LogP contribution in [-0.2, 0) is 11.2 Å². The van der Waals surface area contributed by atoms with Crippen molar-refractivity contribution in [1.29, 1.82) is 0 Å². The maximum Gasteiger partial charge on any atom is 0.313 e. The summed E-state index contributed by atoms with van der Waals surface area (Å²) >= 11 is 7.38. The fourth-order valence-corrected chi connectivity index (χ4v) is 2.84. The number of aromatic nitrogens is 2. The van der Waals surface area contributed by atoms with Crippen molar-refractivity contribution in [2.75, 3.05) is 5.75 Å². The molecule has 0 unspecified atom stereocenters. The van der Waals surface area contributed by atoms with Crippen molar-refractivity contribution in [3.63, 3.8) is 0 Å². The lowest BCUT2D eigenvalue weighted by Crippen LogP contribution is -2.05. The number of benzene rings is 1. The minimum atomic E-state index is -0.856. The summed E-state index contributed by atoms with van der Waals surface area (Å²) in [5.74, 6) is -0.870. The van der Waals surface area contributed by atoms with Gasteiger partial charge >= 0.3 is 5.97 Å². The number of carboxylic acids is 1. The van der Waals surface area contributed by atoms with Crippen molar-refractivity contribution in [1.82, 2.24) is 9.55 Å². The normalized spacial score (nSPS) is 10.8. The number of imidazole rings is 1. The third-order valence-corrected chi connectivity index (χ3v) is 4.32. The fourth-order valence-electron chi connectivity index (χ4n) is 1.94. The third-order valence-electron chi connectivity index (χ3n) is 2.97. The zero-order chi connectivity index (χ0) is 14.7. The SMILES string of the molecule is CCc1cnc(SCC(=O)O)n1-c1cccc(Cl)c1C. The van der Waals surface area contributed by atoms with Crippen LogP contribution in [0, 0.1) is 6.92 Å². The molecule has 1 heterocycles. The molecule has 0 amide bonds. The molecule has 0 bridgehead atoms. The molecule has 2 rings (SSSR count). The Morgan fingerprint density at radius 3 is 2.90 bits per heavy atom. The summed E-state index contributed by atoms with van der Waals surface area (Å²) < 4.78 is 1.98. The number of halogens is 1. The smallest absolute Gasteiger partial charge is 0.313 e. The van der Waals surface area contributed by atoms with E-state index in [1.54, 1.807) is 6.20 Å². The van der Waals surface area contributed by atoms with Crippen LogP contribution < -0.4 is 0 Å². The zero-order valence-corrected chi connectivity index (χ0v) is 12.8. The van der Waals surface area contributed by atoms with Gasteiger partial charge in [-0.2, -0.15) is 0 Å². The molecule has 0 atom stereocenters. The minimum Gasteiger partial charge on any atom is -0.481 e. The van der Waals surface area contributed by atoms with Gasteiger partial charge < -0.3 is 5.11 Å². The first-order valence-corrected chi connectivity index (χ1v) is 7.57. The Morgan fingerprint density at radius 1 is 1.50 bits per heavy atom. The minimum absolute atomic E-state index is 0.0141. The summed E-state index contributed by atoms with van der Waals surface area (Å²) in [6, 6.07) is 5.69. The van der Waals surface area contributed by atoms with Crippen molar-refractivity contribution < 1.29 is 9.90 Å². The number of rotatable bonds is 5. The summed E-state index contributed by atoms with van der Waals surface area (Å²) in [5, 5.41) is 10.2. The van der Waals surface area contributed by atoms with E-state index >= 15 is 0 Å². The van der Waals surface area contributed by atoms with Gasteiger partial charge in [-0.25, -0.2) is 4.98 Å². The molecule has 0 saturated heterocycles. The quantitative estimate of drug-likeness (QED) is 0.858. The van der Waals surface area contributed by atoms with E-state index in [2.05, 4.69) is 4.98 Å². The van der Waals surface area contributed by atoms with Crippen molar-refractivity contribution in [2.45, 2.75) is 25.4 Å². The fraction of sp³-hybridized carbons (Fsp3) is 0.286. The number of hydrogen-bond donors (Lipinski definition) is 1. The maximum atomic E-state index is 10.7. The van der Waals surface area contributed by atoms with Gasteiger partial charge in [-0.3, -0.25) is 9.36 Å². The first-order chi connectivity index (χ1) is 9.54. The number of aliphatic carboxylic acids is 1. The van der Waals surface area contributed by atoms with Crippen LogP contribution in [0.15, 0.2) is 29.6 Å². The van der Waals surface area contributed by atoms with E-state index in [-0.39, 0.29) is 5.75 Å². The molecular weight excluding hydrogens is 296 g/mol. The van der Waals surface area contributed by atoms with Gasteiger partial charge in [0.05, 0.1) is 11.4 Å². The van der Waals surface area contributed by atoms with Crippen LogP contribution in [-0.4, -0.2) is 26.4 Å². The molecule has 106 valence electrons. The van der Waals surface area contributed by atoms with Gasteiger partial charge in [0.25, 0.3) is 0 Å². The van der Waals surface area contributed by atoms with E-state index in [4.69, 9.17) is 16.7 Å². The number of thioether (sulfide) groups is 1. The lowest BCUT2D eigenvalue weighted by Gasteiger charge is -2.14. The Balaban J connectivity index is 2.50. The van der Waals surface area contributed by atoms with Gasteiger partial charge in [0, 0.05) is 16.9 Å². The highest BCUT2D eigenvalue weighted by atomic mass is 35.5. The maximum absolute atomic E-state index is 10.7. The molecule has 4 nitrogen and oxygen atoms in total. The number of carbonyl (C=O) groups is 1. The van der Waals surface area contributed by atoms with Crippen LogP contribution in [0.5, 0.6) is 0 Å². The van der Waals surface area contributed by atoms with E-state index in [1.807, 2.05) is 36.6 Å². The Morgan fingerprint density at radius 2 is 2.25 bits per heavy atom. The molecule has 0 aliphatic carbocycles. The first kappa shape index (κ1) is 14.9. The van der Waals surface area contributed by atoms with Gasteiger partial charge in [0.2, 0.25) is 0 Å². The van der Waals surface area contributed by atoms with Crippen LogP contribution in [0.3, 0.4) is 0 Å². The molecular formula is C14H15ClN2O2S. The predicted octanol–water partition coefficient (Wildman–Crippen LogP) is 3.57. The van der Waals surface area contributed by atoms with E-state index in [9.17, 15) is 4.79 Å². The Bertz CT molecular complexity index is 640. The topological polar surface area (TPSA) is 55.1 Å². The largest absolute Gasteiger partial charge is 0.481 e. The van der Waals surface area contributed by atoms with Gasteiger partial charge in [-0.05, 0) is 31.0 Å². The third kappa shape index (κ3) is 2.99. The molecule has 6 heteroatoms. The molecule has 0 fully saturated rings. The lowest BCUT2D eigenvalue weighted by molar-refractivity contribution is -0.133. The Labute approximate surface area is 126 Å². The summed E-state index contributed by atoms with van der Waals surface area (Å²) in [7, 11) is 0. The average Bonchev–Trinajstić information content (AvgIpc) is 2.82. The van der Waals surface area contributed by atoms with Crippen molar-refractivity contribution >= 4 is 29.3 Å². The average molecular weight is 311 g/mol. The summed E-state index contributed by atoms with van der Waals surface area (Å²) in [6.45, 7) is 3.99. The molecule has 0 radical (unpaired) electrons. The molecule has 20 heavy (non-hydrogen) atoms. The zero-order valence-electron chi connectivity index (χ0n) is 11.3. The van der Waals surface area contributed by atoms with Gasteiger partial charge in [0.1, 0.15) is 0 Å². The Kier molecular flexibility index (Phi) is 4.73. The van der Waals surface area contributed by atoms with E-state index < -0.39 is 5.97 Å². The second kappa shape index (κ2) is 6.33. The number of nitrogens with zero attached hydrogens (tertiary/aromatic N) is 2. The van der Waals surface area contributed by atoms with E-state index in [0.717, 1.165) is 23.4 Å². The number of aryl methyl sites for hydroxylation is 1. The first-order valence-electron chi connectivity index (χ1n) is 6.21. The van der Waals surface area contributed by atoms with Crippen molar-refractivity contribution in [3.05, 3.63) is 40.7 Å². The molecule has 0 saturated carbocycles.